The van der Waals surface area contributed by atoms with E-state index in [0.29, 0.717) is 6.61 Å². The van der Waals surface area contributed by atoms with E-state index in [4.69, 9.17) is 10.5 Å². The first-order chi connectivity index (χ1) is 9.20. The molecule has 102 valence electrons. The number of rotatable bonds is 6. The zero-order chi connectivity index (χ0) is 13.7. The van der Waals surface area contributed by atoms with Gasteiger partial charge in [0.25, 0.3) is 0 Å². The Labute approximate surface area is 117 Å². The number of nitrogens with zero attached hydrogens (tertiary/aromatic N) is 2. The second-order valence-corrected chi connectivity index (χ2v) is 5.33. The summed E-state index contributed by atoms with van der Waals surface area (Å²) in [6.07, 6.45) is 3.51. The van der Waals surface area contributed by atoms with E-state index in [1.165, 1.54) is 4.88 Å². The quantitative estimate of drug-likeness (QED) is 0.882. The summed E-state index contributed by atoms with van der Waals surface area (Å²) in [5, 5.41) is 0. The molecular weight excluding hydrogens is 258 g/mol. The lowest BCUT2D eigenvalue weighted by molar-refractivity contribution is 0.321. The van der Waals surface area contributed by atoms with Gasteiger partial charge in [-0.25, -0.2) is 4.98 Å². The Balaban J connectivity index is 1.85. The maximum atomic E-state index is 5.92. The molecule has 0 bridgehead atoms. The highest BCUT2D eigenvalue weighted by Gasteiger charge is 2.05. The smallest absolute Gasteiger partial charge is 0.137 e. The van der Waals surface area contributed by atoms with Crippen LogP contribution >= 0.6 is 11.3 Å². The van der Waals surface area contributed by atoms with Crippen molar-refractivity contribution in [3.63, 3.8) is 0 Å². The van der Waals surface area contributed by atoms with Crippen LogP contribution < -0.4 is 10.5 Å². The summed E-state index contributed by atoms with van der Waals surface area (Å²) in [6, 6.07) is 3.87. The fraction of sp³-hybridized carbons (Fsp3) is 0.429. The minimum atomic E-state index is 0.00823. The summed E-state index contributed by atoms with van der Waals surface area (Å²) >= 11 is 1.67. The molecule has 0 fully saturated rings. The van der Waals surface area contributed by atoms with Gasteiger partial charge in [0, 0.05) is 17.3 Å². The Morgan fingerprint density at radius 2 is 2.21 bits per heavy atom. The fourth-order valence-electron chi connectivity index (χ4n) is 1.73. The molecule has 0 aliphatic rings. The molecule has 0 spiro atoms. The van der Waals surface area contributed by atoms with Gasteiger partial charge in [-0.1, -0.05) is 6.92 Å². The normalized spacial score (nSPS) is 12.4. The van der Waals surface area contributed by atoms with Crippen molar-refractivity contribution >= 4 is 11.3 Å². The second-order valence-electron chi connectivity index (χ2n) is 4.39. The SMILES string of the molecule is CC[C@@H](N)c1ccc(OCCc2scnc2C)cn1. The van der Waals surface area contributed by atoms with Crippen LogP contribution in [0, 0.1) is 6.92 Å². The highest BCUT2D eigenvalue weighted by atomic mass is 32.1. The molecule has 1 atom stereocenters. The maximum absolute atomic E-state index is 5.92. The van der Waals surface area contributed by atoms with Crippen LogP contribution in [0.3, 0.4) is 0 Å². The van der Waals surface area contributed by atoms with E-state index in [1.807, 2.05) is 31.5 Å². The van der Waals surface area contributed by atoms with Gasteiger partial charge < -0.3 is 10.5 Å². The van der Waals surface area contributed by atoms with E-state index in [9.17, 15) is 0 Å². The van der Waals surface area contributed by atoms with Gasteiger partial charge in [0.05, 0.1) is 29.7 Å². The predicted octanol–water partition coefficient (Wildman–Crippen LogP) is 2.88. The van der Waals surface area contributed by atoms with E-state index in [-0.39, 0.29) is 6.04 Å². The van der Waals surface area contributed by atoms with Crippen molar-refractivity contribution in [1.29, 1.82) is 0 Å². The number of nitrogens with two attached hydrogens (primary N) is 1. The predicted molar refractivity (Wildman–Crippen MR) is 77.5 cm³/mol. The Bertz CT molecular complexity index is 510. The Morgan fingerprint density at radius 3 is 2.79 bits per heavy atom. The van der Waals surface area contributed by atoms with Crippen LogP contribution in [0.1, 0.15) is 35.7 Å². The zero-order valence-electron chi connectivity index (χ0n) is 11.3. The summed E-state index contributed by atoms with van der Waals surface area (Å²) in [7, 11) is 0. The summed E-state index contributed by atoms with van der Waals surface area (Å²) in [4.78, 5) is 9.82. The third-order valence-electron chi connectivity index (χ3n) is 3.02. The molecule has 2 heterocycles. The molecule has 0 aliphatic heterocycles. The maximum Gasteiger partial charge on any atom is 0.137 e. The first kappa shape index (κ1) is 14.0. The molecule has 2 rings (SSSR count). The van der Waals surface area contributed by atoms with E-state index in [2.05, 4.69) is 9.97 Å². The van der Waals surface area contributed by atoms with Crippen molar-refractivity contribution in [3.05, 3.63) is 40.1 Å². The molecule has 2 aromatic rings. The van der Waals surface area contributed by atoms with Gasteiger partial charge in [0.2, 0.25) is 0 Å². The summed E-state index contributed by atoms with van der Waals surface area (Å²) in [5.74, 6) is 0.786. The zero-order valence-corrected chi connectivity index (χ0v) is 12.1. The van der Waals surface area contributed by atoms with Crippen LogP contribution in [0.15, 0.2) is 23.8 Å². The first-order valence-electron chi connectivity index (χ1n) is 6.44. The monoisotopic (exact) mass is 277 g/mol. The molecule has 0 radical (unpaired) electrons. The van der Waals surface area contributed by atoms with Gasteiger partial charge in [-0.2, -0.15) is 0 Å². The van der Waals surface area contributed by atoms with Gasteiger partial charge in [-0.3, -0.25) is 4.98 Å². The number of ether oxygens (including phenoxy) is 1. The number of aryl methyl sites for hydroxylation is 1. The molecule has 2 N–H and O–H groups in total. The summed E-state index contributed by atoms with van der Waals surface area (Å²) in [5.41, 5.74) is 9.79. The number of thiazole rings is 1. The number of aromatic nitrogens is 2. The Kier molecular flexibility index (Phi) is 4.87. The van der Waals surface area contributed by atoms with Crippen LogP contribution in [-0.2, 0) is 6.42 Å². The molecule has 19 heavy (non-hydrogen) atoms. The van der Waals surface area contributed by atoms with Crippen molar-refractivity contribution in [2.24, 2.45) is 5.73 Å². The Hall–Kier alpha value is -1.46. The summed E-state index contributed by atoms with van der Waals surface area (Å²) in [6.45, 7) is 4.71. The molecule has 0 amide bonds. The number of hydrogen-bond donors (Lipinski definition) is 1. The van der Waals surface area contributed by atoms with Gasteiger partial charge in [-0.15, -0.1) is 11.3 Å². The Morgan fingerprint density at radius 1 is 1.37 bits per heavy atom. The minimum Gasteiger partial charge on any atom is -0.492 e. The lowest BCUT2D eigenvalue weighted by Crippen LogP contribution is -2.10. The van der Waals surface area contributed by atoms with Crippen molar-refractivity contribution in [1.82, 2.24) is 9.97 Å². The van der Waals surface area contributed by atoms with Gasteiger partial charge in [-0.05, 0) is 25.5 Å². The number of hydrogen-bond acceptors (Lipinski definition) is 5. The van der Waals surface area contributed by atoms with Crippen molar-refractivity contribution in [2.75, 3.05) is 6.61 Å². The molecule has 0 aromatic carbocycles. The molecule has 0 saturated heterocycles. The van der Waals surface area contributed by atoms with E-state index < -0.39 is 0 Å². The van der Waals surface area contributed by atoms with Gasteiger partial charge in [0.1, 0.15) is 5.75 Å². The second kappa shape index (κ2) is 6.63. The van der Waals surface area contributed by atoms with E-state index in [1.54, 1.807) is 17.5 Å². The third kappa shape index (κ3) is 3.75. The average molecular weight is 277 g/mol. The van der Waals surface area contributed by atoms with Gasteiger partial charge >= 0.3 is 0 Å². The molecule has 0 aliphatic carbocycles. The van der Waals surface area contributed by atoms with Crippen LogP contribution in [0.4, 0.5) is 0 Å². The first-order valence-corrected chi connectivity index (χ1v) is 7.32. The lowest BCUT2D eigenvalue weighted by atomic mass is 10.1. The highest BCUT2D eigenvalue weighted by molar-refractivity contribution is 7.09. The standard InChI is InChI=1S/C14H19N3OS/c1-3-12(15)13-5-4-11(8-16-13)18-7-6-14-10(2)17-9-19-14/h4-5,8-9,12H,3,6-7,15H2,1-2H3/t12-/m1/s1. The average Bonchev–Trinajstić information content (AvgIpc) is 2.84. The molecule has 5 heteroatoms. The highest BCUT2D eigenvalue weighted by Crippen LogP contribution is 2.16. The van der Waals surface area contributed by atoms with E-state index in [0.717, 1.165) is 30.0 Å². The van der Waals surface area contributed by atoms with Gasteiger partial charge in [0.15, 0.2) is 0 Å². The topological polar surface area (TPSA) is 61.0 Å². The molecule has 0 unspecified atom stereocenters. The third-order valence-corrected chi connectivity index (χ3v) is 4.02. The van der Waals surface area contributed by atoms with Crippen molar-refractivity contribution in [2.45, 2.75) is 32.7 Å². The summed E-state index contributed by atoms with van der Waals surface area (Å²) < 4.78 is 5.68. The van der Waals surface area contributed by atoms with Crippen LogP contribution in [-0.4, -0.2) is 16.6 Å². The molecule has 4 nitrogen and oxygen atoms in total. The fourth-order valence-corrected chi connectivity index (χ4v) is 2.50. The number of pyridine rings is 1. The van der Waals surface area contributed by atoms with Crippen LogP contribution in [0.2, 0.25) is 0 Å². The van der Waals surface area contributed by atoms with Crippen molar-refractivity contribution < 1.29 is 4.74 Å². The van der Waals surface area contributed by atoms with Crippen LogP contribution in [0.5, 0.6) is 5.75 Å². The molecular formula is C14H19N3OS. The molecule has 0 saturated carbocycles. The largest absolute Gasteiger partial charge is 0.492 e. The molecule has 2 aromatic heterocycles. The van der Waals surface area contributed by atoms with Crippen molar-refractivity contribution in [3.8, 4) is 5.75 Å². The van der Waals surface area contributed by atoms with E-state index >= 15 is 0 Å². The van der Waals surface area contributed by atoms with Crippen LogP contribution in [0.25, 0.3) is 0 Å². The minimum absolute atomic E-state index is 0.00823. The lowest BCUT2D eigenvalue weighted by Gasteiger charge is -2.09.